The van der Waals surface area contributed by atoms with Gasteiger partial charge in [0.15, 0.2) is 0 Å². The lowest BCUT2D eigenvalue weighted by Crippen LogP contribution is -2.06. The third kappa shape index (κ3) is 2.54. The van der Waals surface area contributed by atoms with Crippen molar-refractivity contribution < 1.29 is 14.3 Å². The summed E-state index contributed by atoms with van der Waals surface area (Å²) in [6, 6.07) is 7.49. The molecule has 0 spiro atoms. The zero-order valence-corrected chi connectivity index (χ0v) is 8.59. The number of hydrogen-bond acceptors (Lipinski definition) is 4. The Kier molecular flexibility index (Phi) is 2.95. The zero-order valence-electron chi connectivity index (χ0n) is 8.59. The van der Waals surface area contributed by atoms with Crippen molar-refractivity contribution >= 4 is 17.5 Å². The van der Waals surface area contributed by atoms with E-state index in [0.29, 0.717) is 0 Å². The van der Waals surface area contributed by atoms with E-state index in [2.05, 4.69) is 15.3 Å². The average Bonchev–Trinajstić information content (AvgIpc) is 2.32. The first kappa shape index (κ1) is 11.0. The Morgan fingerprint density at radius 3 is 2.76 bits per heavy atom. The van der Waals surface area contributed by atoms with E-state index in [9.17, 15) is 9.18 Å². The van der Waals surface area contributed by atoms with Crippen molar-refractivity contribution in [2.45, 2.75) is 0 Å². The normalized spacial score (nSPS) is 9.94. The number of rotatable bonds is 3. The number of carboxylic acids is 1. The van der Waals surface area contributed by atoms with E-state index in [1.165, 1.54) is 24.4 Å². The first-order valence-electron chi connectivity index (χ1n) is 4.75. The number of nitrogens with zero attached hydrogens (tertiary/aromatic N) is 2. The van der Waals surface area contributed by atoms with Gasteiger partial charge in [-0.1, -0.05) is 12.1 Å². The fourth-order valence-electron chi connectivity index (χ4n) is 1.23. The maximum absolute atomic E-state index is 13.3. The molecule has 0 atom stereocenters. The first-order chi connectivity index (χ1) is 8.16. The third-order valence-corrected chi connectivity index (χ3v) is 1.98. The lowest BCUT2D eigenvalue weighted by molar-refractivity contribution is 0.0683. The van der Waals surface area contributed by atoms with Crippen molar-refractivity contribution in [3.8, 4) is 0 Å². The van der Waals surface area contributed by atoms with Crippen molar-refractivity contribution in [2.75, 3.05) is 5.32 Å². The van der Waals surface area contributed by atoms with Gasteiger partial charge in [-0.05, 0) is 18.2 Å². The molecule has 1 aromatic heterocycles. The molecule has 17 heavy (non-hydrogen) atoms. The second-order valence-electron chi connectivity index (χ2n) is 3.18. The lowest BCUT2D eigenvalue weighted by atomic mass is 10.3. The van der Waals surface area contributed by atoms with E-state index >= 15 is 0 Å². The van der Waals surface area contributed by atoms with Gasteiger partial charge in [-0.3, -0.25) is 0 Å². The predicted octanol–water partition coefficient (Wildman–Crippen LogP) is 2.06. The number of aromatic nitrogens is 2. The molecule has 0 bridgehead atoms. The lowest BCUT2D eigenvalue weighted by Gasteiger charge is -2.06. The van der Waals surface area contributed by atoms with Crippen LogP contribution in [0.15, 0.2) is 36.5 Å². The number of anilines is 2. The van der Waals surface area contributed by atoms with Crippen LogP contribution >= 0.6 is 0 Å². The number of hydrogen-bond donors (Lipinski definition) is 2. The molecule has 86 valence electrons. The minimum Gasteiger partial charge on any atom is -0.475 e. The van der Waals surface area contributed by atoms with E-state index in [-0.39, 0.29) is 17.3 Å². The monoisotopic (exact) mass is 233 g/mol. The minimum absolute atomic E-state index is 0.225. The molecule has 2 aromatic rings. The van der Waals surface area contributed by atoms with E-state index in [4.69, 9.17) is 5.11 Å². The van der Waals surface area contributed by atoms with Crippen LogP contribution in [-0.2, 0) is 0 Å². The molecule has 0 unspecified atom stereocenters. The Bertz CT molecular complexity index is 560. The van der Waals surface area contributed by atoms with Gasteiger partial charge in [0.1, 0.15) is 11.6 Å². The highest BCUT2D eigenvalue weighted by molar-refractivity contribution is 5.83. The highest BCUT2D eigenvalue weighted by Crippen LogP contribution is 2.17. The molecule has 2 rings (SSSR count). The molecule has 0 aliphatic rings. The molecule has 5 nitrogen and oxygen atoms in total. The van der Waals surface area contributed by atoms with E-state index < -0.39 is 11.8 Å². The largest absolute Gasteiger partial charge is 0.475 e. The Morgan fingerprint density at radius 1 is 1.29 bits per heavy atom. The van der Waals surface area contributed by atoms with E-state index in [1.54, 1.807) is 12.1 Å². The Balaban J connectivity index is 2.28. The first-order valence-corrected chi connectivity index (χ1v) is 4.75. The molecule has 1 heterocycles. The molecule has 0 radical (unpaired) electrons. The van der Waals surface area contributed by atoms with Gasteiger partial charge in [-0.2, -0.15) is 0 Å². The molecule has 6 heteroatoms. The number of para-hydroxylation sites is 1. The van der Waals surface area contributed by atoms with Crippen LogP contribution in [0.2, 0.25) is 0 Å². The standard InChI is InChI=1S/C11H8FN3O2/c12-7-3-1-2-4-8(7)14-9-5-6-13-10(15-9)11(16)17/h1-6H,(H,16,17)(H,13,14,15). The van der Waals surface area contributed by atoms with Gasteiger partial charge in [0, 0.05) is 6.20 Å². The fraction of sp³-hybridized carbons (Fsp3) is 0. The van der Waals surface area contributed by atoms with E-state index in [0.717, 1.165) is 0 Å². The summed E-state index contributed by atoms with van der Waals surface area (Å²) in [5.74, 6) is -1.79. The summed E-state index contributed by atoms with van der Waals surface area (Å²) in [6.45, 7) is 0. The van der Waals surface area contributed by atoms with Crippen LogP contribution in [0.25, 0.3) is 0 Å². The molecule has 0 saturated carbocycles. The summed E-state index contributed by atoms with van der Waals surface area (Å²) in [7, 11) is 0. The smallest absolute Gasteiger partial charge is 0.374 e. The topological polar surface area (TPSA) is 75.1 Å². The van der Waals surface area contributed by atoms with Crippen LogP contribution in [0.5, 0.6) is 0 Å². The summed E-state index contributed by atoms with van der Waals surface area (Å²) in [6.07, 6.45) is 1.29. The van der Waals surface area contributed by atoms with Crippen molar-refractivity contribution in [2.24, 2.45) is 0 Å². The minimum atomic E-state index is -1.23. The van der Waals surface area contributed by atoms with Gasteiger partial charge in [0.25, 0.3) is 0 Å². The van der Waals surface area contributed by atoms with Crippen LogP contribution in [0.4, 0.5) is 15.9 Å². The Hall–Kier alpha value is -2.50. The second-order valence-corrected chi connectivity index (χ2v) is 3.18. The average molecular weight is 233 g/mol. The summed E-state index contributed by atoms with van der Waals surface area (Å²) >= 11 is 0. The SMILES string of the molecule is O=C(O)c1nccc(Nc2ccccc2F)n1. The van der Waals surface area contributed by atoms with Gasteiger partial charge in [-0.25, -0.2) is 19.2 Å². The molecular formula is C11H8FN3O2. The molecule has 0 aliphatic carbocycles. The second kappa shape index (κ2) is 4.56. The number of benzene rings is 1. The highest BCUT2D eigenvalue weighted by atomic mass is 19.1. The highest BCUT2D eigenvalue weighted by Gasteiger charge is 2.08. The van der Waals surface area contributed by atoms with Crippen molar-refractivity contribution in [1.29, 1.82) is 0 Å². The molecule has 0 saturated heterocycles. The third-order valence-electron chi connectivity index (χ3n) is 1.98. The molecule has 1 aromatic carbocycles. The van der Waals surface area contributed by atoms with Crippen LogP contribution < -0.4 is 5.32 Å². The fourth-order valence-corrected chi connectivity index (χ4v) is 1.23. The van der Waals surface area contributed by atoms with Crippen LogP contribution in [0.3, 0.4) is 0 Å². The zero-order chi connectivity index (χ0) is 12.3. The summed E-state index contributed by atoms with van der Waals surface area (Å²) in [4.78, 5) is 17.9. The number of nitrogens with one attached hydrogen (secondary N) is 1. The summed E-state index contributed by atoms with van der Waals surface area (Å²) in [5, 5.41) is 11.4. The predicted molar refractivity (Wildman–Crippen MR) is 58.7 cm³/mol. The van der Waals surface area contributed by atoms with Crippen LogP contribution in [0, 0.1) is 5.82 Å². The maximum Gasteiger partial charge on any atom is 0.374 e. The van der Waals surface area contributed by atoms with E-state index in [1.807, 2.05) is 0 Å². The Labute approximate surface area is 96.0 Å². The molecule has 0 amide bonds. The number of carboxylic acid groups (broad SMARTS) is 1. The summed E-state index contributed by atoms with van der Waals surface area (Å²) in [5.41, 5.74) is 0.225. The van der Waals surface area contributed by atoms with Crippen molar-refractivity contribution in [3.05, 3.63) is 48.2 Å². The van der Waals surface area contributed by atoms with Gasteiger partial charge < -0.3 is 10.4 Å². The maximum atomic E-state index is 13.3. The number of halogens is 1. The molecule has 2 N–H and O–H groups in total. The number of aromatic carboxylic acids is 1. The van der Waals surface area contributed by atoms with Gasteiger partial charge in [-0.15, -0.1) is 0 Å². The number of carbonyl (C=O) groups is 1. The molecule has 0 aliphatic heterocycles. The molecular weight excluding hydrogens is 225 g/mol. The summed E-state index contributed by atoms with van der Waals surface area (Å²) < 4.78 is 13.3. The van der Waals surface area contributed by atoms with Gasteiger partial charge in [0.05, 0.1) is 5.69 Å². The van der Waals surface area contributed by atoms with Crippen molar-refractivity contribution in [1.82, 2.24) is 9.97 Å². The van der Waals surface area contributed by atoms with Crippen LogP contribution in [-0.4, -0.2) is 21.0 Å². The van der Waals surface area contributed by atoms with Gasteiger partial charge >= 0.3 is 5.97 Å². The quantitative estimate of drug-likeness (QED) is 0.848. The van der Waals surface area contributed by atoms with Gasteiger partial charge in [0.2, 0.25) is 5.82 Å². The van der Waals surface area contributed by atoms with Crippen molar-refractivity contribution in [3.63, 3.8) is 0 Å². The van der Waals surface area contributed by atoms with Crippen LogP contribution in [0.1, 0.15) is 10.6 Å². The molecule has 0 fully saturated rings. The Morgan fingerprint density at radius 2 is 2.06 bits per heavy atom.